The van der Waals surface area contributed by atoms with Crippen LogP contribution in [0.2, 0.25) is 0 Å². The van der Waals surface area contributed by atoms with Gasteiger partial charge >= 0.3 is 6.09 Å². The van der Waals surface area contributed by atoms with E-state index in [2.05, 4.69) is 5.43 Å². The number of amides is 1. The van der Waals surface area contributed by atoms with Gasteiger partial charge in [0.2, 0.25) is 0 Å². The van der Waals surface area contributed by atoms with E-state index < -0.39 is 0 Å². The monoisotopic (exact) mass is 172 g/mol. The van der Waals surface area contributed by atoms with E-state index in [-0.39, 0.29) is 6.09 Å². The SMILES string of the molecule is CCOC(=O)N1CCCCCN1. The van der Waals surface area contributed by atoms with Gasteiger partial charge in [-0.2, -0.15) is 0 Å². The molecule has 0 bridgehead atoms. The first kappa shape index (κ1) is 9.32. The molecule has 0 saturated carbocycles. The Labute approximate surface area is 72.8 Å². The number of ether oxygens (including phenoxy) is 1. The lowest BCUT2D eigenvalue weighted by atomic mass is 10.2. The summed E-state index contributed by atoms with van der Waals surface area (Å²) in [5, 5.41) is 1.57. The van der Waals surface area contributed by atoms with Crippen LogP contribution in [0.1, 0.15) is 26.2 Å². The summed E-state index contributed by atoms with van der Waals surface area (Å²) in [7, 11) is 0. The maximum Gasteiger partial charge on any atom is 0.424 e. The van der Waals surface area contributed by atoms with Gasteiger partial charge in [0.15, 0.2) is 0 Å². The molecule has 4 heteroatoms. The molecule has 1 rings (SSSR count). The maximum absolute atomic E-state index is 11.2. The molecule has 0 spiro atoms. The van der Waals surface area contributed by atoms with Gasteiger partial charge in [-0.05, 0) is 19.8 Å². The average Bonchev–Trinajstić information content (AvgIpc) is 2.32. The van der Waals surface area contributed by atoms with Crippen LogP contribution >= 0.6 is 0 Å². The number of rotatable bonds is 1. The zero-order valence-corrected chi connectivity index (χ0v) is 7.51. The summed E-state index contributed by atoms with van der Waals surface area (Å²) in [6.07, 6.45) is 3.13. The zero-order valence-electron chi connectivity index (χ0n) is 7.51. The van der Waals surface area contributed by atoms with Gasteiger partial charge in [-0.3, -0.25) is 0 Å². The van der Waals surface area contributed by atoms with Gasteiger partial charge in [0.05, 0.1) is 6.61 Å². The highest BCUT2D eigenvalue weighted by Crippen LogP contribution is 2.03. The van der Waals surface area contributed by atoms with Gasteiger partial charge < -0.3 is 4.74 Å². The molecule has 0 unspecified atom stereocenters. The van der Waals surface area contributed by atoms with Crippen molar-refractivity contribution in [3.8, 4) is 0 Å². The van der Waals surface area contributed by atoms with Crippen molar-refractivity contribution in [2.45, 2.75) is 26.2 Å². The topological polar surface area (TPSA) is 41.6 Å². The number of nitrogens with one attached hydrogen (secondary N) is 1. The van der Waals surface area contributed by atoms with Crippen LogP contribution in [0.3, 0.4) is 0 Å². The summed E-state index contributed by atoms with van der Waals surface area (Å²) in [4.78, 5) is 11.2. The zero-order chi connectivity index (χ0) is 8.81. The Kier molecular flexibility index (Phi) is 3.87. The minimum Gasteiger partial charge on any atom is -0.449 e. The molecule has 4 nitrogen and oxygen atoms in total. The summed E-state index contributed by atoms with van der Waals surface area (Å²) in [5.41, 5.74) is 3.02. The molecule has 0 aromatic carbocycles. The molecule has 0 aliphatic carbocycles. The molecule has 0 atom stereocenters. The summed E-state index contributed by atoms with van der Waals surface area (Å²) in [6.45, 7) is 3.89. The number of hydrazine groups is 1. The number of nitrogens with zero attached hydrogens (tertiary/aromatic N) is 1. The highest BCUT2D eigenvalue weighted by atomic mass is 16.6. The molecule has 0 aromatic rings. The third-order valence-corrected chi connectivity index (χ3v) is 1.85. The quantitative estimate of drug-likeness (QED) is 0.644. The molecular formula is C8H16N2O2. The van der Waals surface area contributed by atoms with Gasteiger partial charge in [0.1, 0.15) is 0 Å². The summed E-state index contributed by atoms with van der Waals surface area (Å²) < 4.78 is 4.86. The largest absolute Gasteiger partial charge is 0.449 e. The normalized spacial score (nSPS) is 18.6. The molecule has 70 valence electrons. The van der Waals surface area contributed by atoms with Crippen molar-refractivity contribution in [1.29, 1.82) is 0 Å². The molecule has 1 aliphatic heterocycles. The Morgan fingerprint density at radius 1 is 1.50 bits per heavy atom. The highest BCUT2D eigenvalue weighted by Gasteiger charge is 2.15. The van der Waals surface area contributed by atoms with Crippen LogP contribution in [0, 0.1) is 0 Å². The van der Waals surface area contributed by atoms with E-state index in [1.807, 2.05) is 6.92 Å². The molecular weight excluding hydrogens is 156 g/mol. The minimum absolute atomic E-state index is 0.251. The second-order valence-corrected chi connectivity index (χ2v) is 2.82. The predicted molar refractivity (Wildman–Crippen MR) is 45.6 cm³/mol. The molecule has 1 N–H and O–H groups in total. The molecule has 12 heavy (non-hydrogen) atoms. The molecule has 1 amide bonds. The summed E-state index contributed by atoms with van der Waals surface area (Å²) in [6, 6.07) is 0. The first-order valence-electron chi connectivity index (χ1n) is 4.52. The van der Waals surface area contributed by atoms with E-state index >= 15 is 0 Å². The van der Waals surface area contributed by atoms with E-state index in [0.29, 0.717) is 6.61 Å². The standard InChI is InChI=1S/C8H16N2O2/c1-2-12-8(11)10-7-5-3-4-6-9-10/h9H,2-7H2,1H3. The highest BCUT2D eigenvalue weighted by molar-refractivity contribution is 5.66. The van der Waals surface area contributed by atoms with Crippen molar-refractivity contribution < 1.29 is 9.53 Å². The van der Waals surface area contributed by atoms with Gasteiger partial charge in [-0.25, -0.2) is 15.2 Å². The van der Waals surface area contributed by atoms with Gasteiger partial charge in [0, 0.05) is 13.1 Å². The Morgan fingerprint density at radius 3 is 3.08 bits per heavy atom. The van der Waals surface area contributed by atoms with Crippen molar-refractivity contribution >= 4 is 6.09 Å². The van der Waals surface area contributed by atoms with E-state index in [1.165, 1.54) is 6.42 Å². The fourth-order valence-corrected chi connectivity index (χ4v) is 1.22. The van der Waals surface area contributed by atoms with E-state index in [4.69, 9.17) is 4.74 Å². The summed E-state index contributed by atoms with van der Waals surface area (Å²) >= 11 is 0. The average molecular weight is 172 g/mol. The fourth-order valence-electron chi connectivity index (χ4n) is 1.22. The predicted octanol–water partition coefficient (Wildman–Crippen LogP) is 1.13. The second kappa shape index (κ2) is 4.98. The minimum atomic E-state index is -0.251. The lowest BCUT2D eigenvalue weighted by molar-refractivity contribution is 0.0896. The second-order valence-electron chi connectivity index (χ2n) is 2.82. The van der Waals surface area contributed by atoms with Gasteiger partial charge in [-0.15, -0.1) is 0 Å². The lowest BCUT2D eigenvalue weighted by Gasteiger charge is -2.19. The van der Waals surface area contributed by atoms with Crippen LogP contribution in [0.25, 0.3) is 0 Å². The summed E-state index contributed by atoms with van der Waals surface area (Å²) in [5.74, 6) is 0. The van der Waals surface area contributed by atoms with E-state index in [1.54, 1.807) is 5.01 Å². The Balaban J connectivity index is 2.32. The fraction of sp³-hybridized carbons (Fsp3) is 0.875. The van der Waals surface area contributed by atoms with Crippen molar-refractivity contribution in [3.63, 3.8) is 0 Å². The number of hydrogen-bond acceptors (Lipinski definition) is 3. The van der Waals surface area contributed by atoms with Crippen LogP contribution < -0.4 is 5.43 Å². The molecule has 1 fully saturated rings. The third kappa shape index (κ3) is 2.70. The first-order valence-corrected chi connectivity index (χ1v) is 4.52. The maximum atomic E-state index is 11.2. The molecule has 0 aromatic heterocycles. The lowest BCUT2D eigenvalue weighted by Crippen LogP contribution is -2.42. The van der Waals surface area contributed by atoms with Crippen LogP contribution in [0.5, 0.6) is 0 Å². The van der Waals surface area contributed by atoms with Crippen LogP contribution in [-0.2, 0) is 4.74 Å². The Hall–Kier alpha value is -0.770. The van der Waals surface area contributed by atoms with Crippen molar-refractivity contribution in [1.82, 2.24) is 10.4 Å². The molecule has 0 radical (unpaired) electrons. The van der Waals surface area contributed by atoms with Crippen LogP contribution in [-0.4, -0.2) is 30.8 Å². The van der Waals surface area contributed by atoms with Crippen molar-refractivity contribution in [2.75, 3.05) is 19.7 Å². The number of carbonyl (C=O) groups excluding carboxylic acids is 1. The first-order chi connectivity index (χ1) is 5.84. The number of hydrogen-bond donors (Lipinski definition) is 1. The van der Waals surface area contributed by atoms with Gasteiger partial charge in [0.25, 0.3) is 0 Å². The van der Waals surface area contributed by atoms with Crippen molar-refractivity contribution in [2.24, 2.45) is 0 Å². The van der Waals surface area contributed by atoms with Crippen molar-refractivity contribution in [3.05, 3.63) is 0 Å². The van der Waals surface area contributed by atoms with Gasteiger partial charge in [-0.1, -0.05) is 6.42 Å². The molecule has 1 aliphatic rings. The van der Waals surface area contributed by atoms with Crippen LogP contribution in [0.4, 0.5) is 4.79 Å². The smallest absolute Gasteiger partial charge is 0.424 e. The van der Waals surface area contributed by atoms with Crippen LogP contribution in [0.15, 0.2) is 0 Å². The Morgan fingerprint density at radius 2 is 2.33 bits per heavy atom. The van der Waals surface area contributed by atoms with E-state index in [9.17, 15) is 4.79 Å². The third-order valence-electron chi connectivity index (χ3n) is 1.85. The number of carbonyl (C=O) groups is 1. The molecule has 1 heterocycles. The Bertz CT molecular complexity index is 142. The van der Waals surface area contributed by atoms with E-state index in [0.717, 1.165) is 25.9 Å². The molecule has 1 saturated heterocycles.